The molecule has 270 valence electrons. The Morgan fingerprint density at radius 3 is 1.87 bits per heavy atom. The first-order valence-electron chi connectivity index (χ1n) is 17.0. The molecule has 16 heteroatoms. The molecule has 0 atom stereocenters. The van der Waals surface area contributed by atoms with Crippen LogP contribution >= 0.6 is 0 Å². The summed E-state index contributed by atoms with van der Waals surface area (Å²) in [6.07, 6.45) is 0.672. The Morgan fingerprint density at radius 1 is 0.750 bits per heavy atom. The number of likely N-dealkylation sites (N-methyl/N-ethyl adjacent to an activating group) is 1. The Kier molecular flexibility index (Phi) is 9.86. The first-order chi connectivity index (χ1) is 24.8. The number of nitrogen functional groups attached to an aromatic ring is 1. The van der Waals surface area contributed by atoms with Crippen LogP contribution in [0.3, 0.4) is 0 Å². The van der Waals surface area contributed by atoms with Gasteiger partial charge in [0.1, 0.15) is 11.4 Å². The maximum absolute atomic E-state index is 13.5. The number of anilines is 2. The standard InChI is InChI=1S/C36H38N8O8/c1-4-40(16-17-42-34(46)23-10-5-8-21-29(23)25(36(42)48)18-27(31(21)37)43(49)50)14-7-12-38-13-15-41-33(45)24-11-6-9-22-30(24)26(35(41)47)19-28(44(51)52)32(22)39-20(2)3/h5-6,8-11,18-20,38-39H,4,7,12-17,37H2,1-3H3. The van der Waals surface area contributed by atoms with Crippen LogP contribution in [0.5, 0.6) is 0 Å². The molecule has 0 saturated carbocycles. The minimum atomic E-state index is -0.643. The second-order valence-corrected chi connectivity index (χ2v) is 13.0. The molecule has 4 amide bonds. The first-order valence-corrected chi connectivity index (χ1v) is 17.0. The molecule has 2 heterocycles. The summed E-state index contributed by atoms with van der Waals surface area (Å²) in [6, 6.07) is 11.9. The third-order valence-electron chi connectivity index (χ3n) is 9.48. The van der Waals surface area contributed by atoms with Crippen molar-refractivity contribution in [3.8, 4) is 0 Å². The normalized spacial score (nSPS) is 14.0. The summed E-state index contributed by atoms with van der Waals surface area (Å²) in [4.78, 5) is 80.6. The van der Waals surface area contributed by atoms with Crippen molar-refractivity contribution in [2.75, 3.05) is 56.9 Å². The number of nitrogens with one attached hydrogen (secondary N) is 2. The van der Waals surface area contributed by atoms with Crippen LogP contribution in [0.1, 0.15) is 68.6 Å². The molecule has 0 saturated heterocycles. The van der Waals surface area contributed by atoms with E-state index in [0.29, 0.717) is 66.3 Å². The highest BCUT2D eigenvalue weighted by Gasteiger charge is 2.37. The van der Waals surface area contributed by atoms with Crippen LogP contribution in [0.2, 0.25) is 0 Å². The molecule has 2 aliphatic heterocycles. The van der Waals surface area contributed by atoms with Crippen molar-refractivity contribution < 1.29 is 29.0 Å². The van der Waals surface area contributed by atoms with Crippen molar-refractivity contribution in [3.63, 3.8) is 0 Å². The molecule has 4 N–H and O–H groups in total. The fourth-order valence-corrected chi connectivity index (χ4v) is 6.98. The molecule has 52 heavy (non-hydrogen) atoms. The number of amides is 4. The summed E-state index contributed by atoms with van der Waals surface area (Å²) in [5, 5.41) is 31.4. The molecule has 2 aliphatic rings. The Hall–Kier alpha value is -6.00. The van der Waals surface area contributed by atoms with Crippen molar-refractivity contribution in [1.82, 2.24) is 20.0 Å². The summed E-state index contributed by atoms with van der Waals surface area (Å²) in [7, 11) is 0. The van der Waals surface area contributed by atoms with Crippen molar-refractivity contribution in [3.05, 3.63) is 91.0 Å². The van der Waals surface area contributed by atoms with Gasteiger partial charge < -0.3 is 21.3 Å². The van der Waals surface area contributed by atoms with Gasteiger partial charge in [0.2, 0.25) is 0 Å². The van der Waals surface area contributed by atoms with Crippen LogP contribution in [0.25, 0.3) is 21.5 Å². The second kappa shape index (κ2) is 14.3. The number of hydrogen-bond donors (Lipinski definition) is 3. The number of rotatable bonds is 15. The average molecular weight is 711 g/mol. The topological polar surface area (TPSA) is 214 Å². The maximum Gasteiger partial charge on any atom is 0.293 e. The lowest BCUT2D eigenvalue weighted by molar-refractivity contribution is -0.384. The van der Waals surface area contributed by atoms with Crippen LogP contribution in [-0.4, -0.2) is 100 Å². The Labute approximate surface area is 297 Å². The molecular formula is C36H38N8O8. The van der Waals surface area contributed by atoms with Crippen LogP contribution in [-0.2, 0) is 0 Å². The fraction of sp³-hybridized carbons (Fsp3) is 0.333. The Balaban J connectivity index is 1.04. The van der Waals surface area contributed by atoms with Gasteiger partial charge in [-0.05, 0) is 52.0 Å². The van der Waals surface area contributed by atoms with E-state index in [1.807, 2.05) is 20.8 Å². The fourth-order valence-electron chi connectivity index (χ4n) is 6.98. The number of benzene rings is 4. The van der Waals surface area contributed by atoms with Gasteiger partial charge >= 0.3 is 0 Å². The summed E-state index contributed by atoms with van der Waals surface area (Å²) in [5.41, 5.74) is 6.31. The van der Waals surface area contributed by atoms with Gasteiger partial charge in [0.25, 0.3) is 35.0 Å². The highest BCUT2D eigenvalue weighted by Crippen LogP contribution is 2.41. The van der Waals surface area contributed by atoms with E-state index in [-0.39, 0.29) is 52.9 Å². The number of nitro benzene ring substituents is 2. The molecule has 0 fully saturated rings. The highest BCUT2D eigenvalue weighted by atomic mass is 16.6. The number of nitrogens with zero attached hydrogens (tertiary/aromatic N) is 5. The molecule has 4 aromatic rings. The largest absolute Gasteiger partial charge is 0.393 e. The molecule has 0 radical (unpaired) electrons. The van der Waals surface area contributed by atoms with E-state index in [4.69, 9.17) is 5.73 Å². The van der Waals surface area contributed by atoms with E-state index < -0.39 is 39.2 Å². The smallest absolute Gasteiger partial charge is 0.293 e. The van der Waals surface area contributed by atoms with E-state index in [1.165, 1.54) is 6.07 Å². The van der Waals surface area contributed by atoms with Gasteiger partial charge in [-0.25, -0.2) is 0 Å². The quantitative estimate of drug-likeness (QED) is 0.0515. The predicted octanol–water partition coefficient (Wildman–Crippen LogP) is 4.41. The van der Waals surface area contributed by atoms with Gasteiger partial charge in [0.15, 0.2) is 0 Å². The van der Waals surface area contributed by atoms with Crippen LogP contribution in [0.15, 0.2) is 48.5 Å². The molecule has 6 rings (SSSR count). The molecule has 4 aromatic carbocycles. The zero-order chi connectivity index (χ0) is 37.4. The van der Waals surface area contributed by atoms with Gasteiger partial charge in [-0.3, -0.25) is 49.2 Å². The van der Waals surface area contributed by atoms with E-state index in [2.05, 4.69) is 15.5 Å². The molecular weight excluding hydrogens is 672 g/mol. The minimum Gasteiger partial charge on any atom is -0.393 e. The molecule has 0 aliphatic carbocycles. The maximum atomic E-state index is 13.5. The van der Waals surface area contributed by atoms with Gasteiger partial charge in [-0.1, -0.05) is 31.2 Å². The lowest BCUT2D eigenvalue weighted by Gasteiger charge is -2.30. The summed E-state index contributed by atoms with van der Waals surface area (Å²) in [5.74, 6) is -2.16. The molecule has 0 unspecified atom stereocenters. The summed E-state index contributed by atoms with van der Waals surface area (Å²) in [6.45, 7) is 8.23. The van der Waals surface area contributed by atoms with Gasteiger partial charge in [-0.15, -0.1) is 0 Å². The van der Waals surface area contributed by atoms with E-state index >= 15 is 0 Å². The third-order valence-corrected chi connectivity index (χ3v) is 9.48. The average Bonchev–Trinajstić information content (AvgIpc) is 3.11. The van der Waals surface area contributed by atoms with Crippen molar-refractivity contribution in [1.29, 1.82) is 0 Å². The number of nitrogens with two attached hydrogens (primary N) is 1. The number of imide groups is 2. The second-order valence-electron chi connectivity index (χ2n) is 13.0. The lowest BCUT2D eigenvalue weighted by Crippen LogP contribution is -2.45. The summed E-state index contributed by atoms with van der Waals surface area (Å²) >= 11 is 0. The van der Waals surface area contributed by atoms with Crippen molar-refractivity contribution in [2.45, 2.75) is 33.2 Å². The third kappa shape index (κ3) is 6.26. The zero-order valence-electron chi connectivity index (χ0n) is 28.9. The SMILES string of the molecule is CCN(CCCNCCN1C(=O)c2cccc3c(NC(C)C)c([N+](=O)[O-])cc(c23)C1=O)CCN1C(=O)c2cccc3c(N)c([N+](=O)[O-])cc(c23)C1=O. The monoisotopic (exact) mass is 710 g/mol. The van der Waals surface area contributed by atoms with Crippen LogP contribution < -0.4 is 16.4 Å². The lowest BCUT2D eigenvalue weighted by atomic mass is 9.92. The zero-order valence-corrected chi connectivity index (χ0v) is 28.9. The van der Waals surface area contributed by atoms with Crippen molar-refractivity contribution in [2.24, 2.45) is 0 Å². The molecule has 0 aromatic heterocycles. The van der Waals surface area contributed by atoms with Gasteiger partial charge in [0.05, 0.1) is 21.0 Å². The van der Waals surface area contributed by atoms with E-state index in [0.717, 1.165) is 15.9 Å². The molecule has 0 bridgehead atoms. The number of carbonyl (C=O) groups is 4. The van der Waals surface area contributed by atoms with Gasteiger partial charge in [0, 0.05) is 77.0 Å². The van der Waals surface area contributed by atoms with E-state index in [1.54, 1.807) is 36.4 Å². The minimum absolute atomic E-state index is 0.0575. The number of hydrogen-bond acceptors (Lipinski definition) is 12. The highest BCUT2D eigenvalue weighted by molar-refractivity contribution is 6.28. The number of nitro groups is 2. The first kappa shape index (κ1) is 35.8. The molecule has 16 nitrogen and oxygen atoms in total. The Morgan fingerprint density at radius 2 is 1.29 bits per heavy atom. The van der Waals surface area contributed by atoms with Crippen LogP contribution in [0.4, 0.5) is 22.7 Å². The van der Waals surface area contributed by atoms with Gasteiger partial charge in [-0.2, -0.15) is 0 Å². The predicted molar refractivity (Wildman–Crippen MR) is 195 cm³/mol. The molecule has 0 spiro atoms. The van der Waals surface area contributed by atoms with Crippen LogP contribution in [0, 0.1) is 20.2 Å². The van der Waals surface area contributed by atoms with Crippen molar-refractivity contribution >= 4 is 67.9 Å². The Bertz CT molecular complexity index is 2190. The number of carbonyl (C=O) groups excluding carboxylic acids is 4. The van der Waals surface area contributed by atoms with E-state index in [9.17, 15) is 39.4 Å². The summed E-state index contributed by atoms with van der Waals surface area (Å²) < 4.78 is 0.